The van der Waals surface area contributed by atoms with Crippen LogP contribution in [-0.4, -0.2) is 72.0 Å². The van der Waals surface area contributed by atoms with Gasteiger partial charge in [0.2, 0.25) is 11.8 Å². The molecule has 0 radical (unpaired) electrons. The van der Waals surface area contributed by atoms with Crippen LogP contribution in [0.5, 0.6) is 11.5 Å². The number of aromatic nitrogens is 1. The van der Waals surface area contributed by atoms with Crippen LogP contribution in [-0.2, 0) is 14.3 Å². The Morgan fingerprint density at radius 3 is 2.36 bits per heavy atom. The Hall–Kier alpha value is -3.04. The number of pyridine rings is 1. The van der Waals surface area contributed by atoms with Gasteiger partial charge in [-0.1, -0.05) is 0 Å². The van der Waals surface area contributed by atoms with Gasteiger partial charge in [-0.15, -0.1) is 0 Å². The van der Waals surface area contributed by atoms with Gasteiger partial charge in [0.1, 0.15) is 23.1 Å². The average Bonchev–Trinajstić information content (AvgIpc) is 2.86. The van der Waals surface area contributed by atoms with E-state index in [2.05, 4.69) is 15.2 Å². The summed E-state index contributed by atoms with van der Waals surface area (Å²) >= 11 is 0. The summed E-state index contributed by atoms with van der Waals surface area (Å²) in [5, 5.41) is 2.83. The molecule has 2 aromatic rings. The molecular weight excluding hydrogens is 427 g/mol. The number of hydrogen-bond acceptors (Lipinski definition) is 6. The van der Waals surface area contributed by atoms with Crippen molar-refractivity contribution in [1.29, 1.82) is 0 Å². The molecule has 1 N–H and O–H groups in total. The number of carbonyl (C=O) groups excluding carboxylic acids is 2. The van der Waals surface area contributed by atoms with Crippen LogP contribution in [0, 0.1) is 11.7 Å². The molecule has 9 heteroatoms. The Morgan fingerprint density at radius 2 is 1.73 bits per heavy atom. The predicted octanol–water partition coefficient (Wildman–Crippen LogP) is 2.91. The first-order valence-corrected chi connectivity index (χ1v) is 11.3. The van der Waals surface area contributed by atoms with Crippen LogP contribution in [0.4, 0.5) is 10.2 Å². The number of ether oxygens (including phenoxy) is 2. The molecule has 2 amide bonds. The highest BCUT2D eigenvalue weighted by atomic mass is 19.1. The van der Waals surface area contributed by atoms with Gasteiger partial charge >= 0.3 is 0 Å². The van der Waals surface area contributed by atoms with E-state index in [4.69, 9.17) is 9.47 Å². The molecule has 33 heavy (non-hydrogen) atoms. The van der Waals surface area contributed by atoms with Crippen molar-refractivity contribution in [2.24, 2.45) is 5.92 Å². The molecule has 176 valence electrons. The molecule has 8 nitrogen and oxygen atoms in total. The number of halogens is 1. The highest BCUT2D eigenvalue weighted by Crippen LogP contribution is 2.22. The molecule has 0 saturated carbocycles. The van der Waals surface area contributed by atoms with Crippen LogP contribution < -0.4 is 10.1 Å². The molecule has 1 aromatic carbocycles. The zero-order valence-corrected chi connectivity index (χ0v) is 18.7. The fourth-order valence-electron chi connectivity index (χ4n) is 4.08. The predicted molar refractivity (Wildman–Crippen MR) is 120 cm³/mol. The van der Waals surface area contributed by atoms with E-state index in [1.807, 2.05) is 11.8 Å². The molecule has 2 aliphatic heterocycles. The second-order valence-electron chi connectivity index (χ2n) is 8.35. The van der Waals surface area contributed by atoms with E-state index in [0.29, 0.717) is 56.7 Å². The van der Waals surface area contributed by atoms with Crippen molar-refractivity contribution >= 4 is 17.6 Å². The van der Waals surface area contributed by atoms with Gasteiger partial charge in [0.15, 0.2) is 0 Å². The Morgan fingerprint density at radius 1 is 1.06 bits per heavy atom. The minimum atomic E-state index is -0.345. The first-order valence-electron chi connectivity index (χ1n) is 11.3. The molecule has 1 unspecified atom stereocenters. The summed E-state index contributed by atoms with van der Waals surface area (Å²) in [6, 6.07) is 8.71. The van der Waals surface area contributed by atoms with Gasteiger partial charge in [0, 0.05) is 45.3 Å². The summed E-state index contributed by atoms with van der Waals surface area (Å²) in [5.74, 6) is 1.19. The minimum absolute atomic E-state index is 0.0621. The van der Waals surface area contributed by atoms with Gasteiger partial charge in [-0.2, -0.15) is 0 Å². The molecule has 2 saturated heterocycles. The maximum absolute atomic E-state index is 13.0. The third-order valence-corrected chi connectivity index (χ3v) is 6.16. The molecule has 0 spiro atoms. The van der Waals surface area contributed by atoms with Gasteiger partial charge in [0.25, 0.3) is 0 Å². The molecular formula is C24H29FN4O4. The number of carbonyl (C=O) groups is 2. The number of piperazine rings is 1. The summed E-state index contributed by atoms with van der Waals surface area (Å²) in [6.45, 7) is 5.73. The quantitative estimate of drug-likeness (QED) is 0.720. The first kappa shape index (κ1) is 23.1. The van der Waals surface area contributed by atoms with Gasteiger partial charge in [-0.05, 0) is 56.2 Å². The lowest BCUT2D eigenvalue weighted by Gasteiger charge is -2.39. The van der Waals surface area contributed by atoms with E-state index in [0.717, 1.165) is 12.8 Å². The van der Waals surface area contributed by atoms with Crippen LogP contribution in [0.25, 0.3) is 0 Å². The number of benzene rings is 1. The molecule has 0 aliphatic carbocycles. The van der Waals surface area contributed by atoms with E-state index >= 15 is 0 Å². The van der Waals surface area contributed by atoms with Crippen molar-refractivity contribution in [2.75, 3.05) is 44.7 Å². The fourth-order valence-corrected chi connectivity index (χ4v) is 4.08. The summed E-state index contributed by atoms with van der Waals surface area (Å²) in [5.41, 5.74) is 0. The van der Waals surface area contributed by atoms with Crippen molar-refractivity contribution in [1.82, 2.24) is 14.8 Å². The zero-order chi connectivity index (χ0) is 23.2. The summed E-state index contributed by atoms with van der Waals surface area (Å²) < 4.78 is 24.0. The Balaban J connectivity index is 1.24. The lowest BCUT2D eigenvalue weighted by Crippen LogP contribution is -2.55. The summed E-state index contributed by atoms with van der Waals surface area (Å²) in [4.78, 5) is 33.7. The number of nitrogens with one attached hydrogen (secondary N) is 1. The van der Waals surface area contributed by atoms with Crippen molar-refractivity contribution in [2.45, 2.75) is 25.8 Å². The number of anilines is 1. The molecule has 2 aliphatic rings. The third-order valence-electron chi connectivity index (χ3n) is 6.16. The third kappa shape index (κ3) is 6.06. The van der Waals surface area contributed by atoms with Crippen LogP contribution in [0.15, 0.2) is 42.6 Å². The van der Waals surface area contributed by atoms with Crippen LogP contribution in [0.2, 0.25) is 0 Å². The van der Waals surface area contributed by atoms with Gasteiger partial charge in [0.05, 0.1) is 12.2 Å². The van der Waals surface area contributed by atoms with E-state index in [1.54, 1.807) is 12.1 Å². The topological polar surface area (TPSA) is 84.0 Å². The van der Waals surface area contributed by atoms with E-state index in [1.165, 1.54) is 30.5 Å². The standard InChI is InChI=1S/C24H29FN4O4/c1-17(28-10-12-29(13-11-28)24(31)18-8-14-32-15-9-18)23(30)27-22-7-6-21(16-26-22)33-20-4-2-19(25)3-5-20/h2-7,16-18H,8-15H2,1H3,(H,26,27,30). The monoisotopic (exact) mass is 456 g/mol. The second-order valence-corrected chi connectivity index (χ2v) is 8.35. The number of hydrogen-bond donors (Lipinski definition) is 1. The maximum atomic E-state index is 13.0. The fraction of sp³-hybridized carbons (Fsp3) is 0.458. The van der Waals surface area contributed by atoms with Crippen LogP contribution in [0.3, 0.4) is 0 Å². The van der Waals surface area contributed by atoms with Gasteiger partial charge in [-0.3, -0.25) is 14.5 Å². The minimum Gasteiger partial charge on any atom is -0.456 e. The molecule has 1 aromatic heterocycles. The smallest absolute Gasteiger partial charge is 0.242 e. The molecule has 3 heterocycles. The maximum Gasteiger partial charge on any atom is 0.242 e. The Kier molecular flexibility index (Phi) is 7.51. The highest BCUT2D eigenvalue weighted by molar-refractivity contribution is 5.93. The normalized spacial score (nSPS) is 18.5. The Bertz CT molecular complexity index is 940. The molecule has 2 fully saturated rings. The second kappa shape index (κ2) is 10.7. The highest BCUT2D eigenvalue weighted by Gasteiger charge is 2.31. The lowest BCUT2D eigenvalue weighted by molar-refractivity contribution is -0.140. The Labute approximate surface area is 192 Å². The SMILES string of the molecule is CC(C(=O)Nc1ccc(Oc2ccc(F)cc2)cn1)N1CCN(C(=O)C2CCOCC2)CC1. The van der Waals surface area contributed by atoms with E-state index in [-0.39, 0.29) is 29.6 Å². The molecule has 4 rings (SSSR count). The van der Waals surface area contributed by atoms with Crippen molar-refractivity contribution < 1.29 is 23.5 Å². The average molecular weight is 457 g/mol. The van der Waals surface area contributed by atoms with E-state index in [9.17, 15) is 14.0 Å². The number of nitrogens with zero attached hydrogens (tertiary/aromatic N) is 3. The first-order chi connectivity index (χ1) is 16.0. The summed E-state index contributed by atoms with van der Waals surface area (Å²) in [6.07, 6.45) is 3.08. The van der Waals surface area contributed by atoms with Crippen molar-refractivity contribution in [3.8, 4) is 11.5 Å². The van der Waals surface area contributed by atoms with Crippen molar-refractivity contribution in [3.05, 3.63) is 48.4 Å². The lowest BCUT2D eigenvalue weighted by atomic mass is 9.98. The molecule has 1 atom stereocenters. The summed E-state index contributed by atoms with van der Waals surface area (Å²) in [7, 11) is 0. The van der Waals surface area contributed by atoms with Gasteiger partial charge < -0.3 is 19.7 Å². The van der Waals surface area contributed by atoms with Crippen LogP contribution >= 0.6 is 0 Å². The van der Waals surface area contributed by atoms with Crippen molar-refractivity contribution in [3.63, 3.8) is 0 Å². The molecule has 0 bridgehead atoms. The van der Waals surface area contributed by atoms with E-state index < -0.39 is 0 Å². The zero-order valence-electron chi connectivity index (χ0n) is 18.7. The van der Waals surface area contributed by atoms with Crippen LogP contribution in [0.1, 0.15) is 19.8 Å². The largest absolute Gasteiger partial charge is 0.456 e. The van der Waals surface area contributed by atoms with Gasteiger partial charge in [-0.25, -0.2) is 9.37 Å². The number of amides is 2. The number of rotatable bonds is 6.